The van der Waals surface area contributed by atoms with E-state index in [1.807, 2.05) is 54.6 Å². The molecular formula is C30H26O4. The summed E-state index contributed by atoms with van der Waals surface area (Å²) < 4.78 is 10.9. The van der Waals surface area contributed by atoms with E-state index in [2.05, 4.69) is 31.2 Å². The van der Waals surface area contributed by atoms with Gasteiger partial charge >= 0.3 is 5.97 Å². The van der Waals surface area contributed by atoms with Crippen LogP contribution in [0.2, 0.25) is 0 Å². The van der Waals surface area contributed by atoms with Gasteiger partial charge in [0.15, 0.2) is 5.78 Å². The number of ketones is 1. The number of methoxy groups -OCH3 is 1. The third-order valence-corrected chi connectivity index (χ3v) is 6.19. The number of hydrogen-bond donors (Lipinski definition) is 0. The average Bonchev–Trinajstić information content (AvgIpc) is 2.89. The van der Waals surface area contributed by atoms with E-state index in [1.165, 1.54) is 6.92 Å². The second-order valence-corrected chi connectivity index (χ2v) is 8.27. The predicted octanol–water partition coefficient (Wildman–Crippen LogP) is 6.47. The van der Waals surface area contributed by atoms with E-state index in [0.29, 0.717) is 16.9 Å². The first-order valence-electron chi connectivity index (χ1n) is 11.1. The van der Waals surface area contributed by atoms with Crippen molar-refractivity contribution in [1.82, 2.24) is 0 Å². The fourth-order valence-electron chi connectivity index (χ4n) is 4.06. The minimum atomic E-state index is -0.469. The molecule has 0 heterocycles. The Morgan fingerprint density at radius 1 is 0.618 bits per heavy atom. The second-order valence-electron chi connectivity index (χ2n) is 8.27. The number of ether oxygens (including phenoxy) is 2. The van der Waals surface area contributed by atoms with Gasteiger partial charge in [-0.2, -0.15) is 0 Å². The van der Waals surface area contributed by atoms with E-state index < -0.39 is 11.4 Å². The summed E-state index contributed by atoms with van der Waals surface area (Å²) in [4.78, 5) is 24.0. The van der Waals surface area contributed by atoms with Gasteiger partial charge in [0.2, 0.25) is 0 Å². The van der Waals surface area contributed by atoms with E-state index in [9.17, 15) is 9.59 Å². The fraction of sp³-hybridized carbons (Fsp3) is 0.133. The first-order valence-corrected chi connectivity index (χ1v) is 11.1. The minimum absolute atomic E-state index is 0.0474. The smallest absolute Gasteiger partial charge is 0.343 e. The standard InChI is InChI=1S/C30H26O4/c1-21(31)22-9-11-23(12-10-22)29(32)34-28-19-15-26(16-20-28)30(2,24-7-5-4-6-8-24)25-13-17-27(33-3)18-14-25/h4-20H,1-3H3. The lowest BCUT2D eigenvalue weighted by molar-refractivity contribution is 0.0734. The highest BCUT2D eigenvalue weighted by Gasteiger charge is 2.31. The van der Waals surface area contributed by atoms with Crippen LogP contribution >= 0.6 is 0 Å². The molecule has 34 heavy (non-hydrogen) atoms. The van der Waals surface area contributed by atoms with Gasteiger partial charge in [-0.15, -0.1) is 0 Å². The molecule has 0 saturated carbocycles. The molecule has 0 fully saturated rings. The second kappa shape index (κ2) is 9.75. The summed E-state index contributed by atoms with van der Waals surface area (Å²) in [5.74, 6) is 0.741. The molecule has 0 saturated heterocycles. The third kappa shape index (κ3) is 4.62. The van der Waals surface area contributed by atoms with Gasteiger partial charge in [0.05, 0.1) is 12.7 Å². The van der Waals surface area contributed by atoms with Gasteiger partial charge in [0.25, 0.3) is 0 Å². The molecule has 4 rings (SSSR count). The number of rotatable bonds is 7. The van der Waals surface area contributed by atoms with Gasteiger partial charge in [-0.3, -0.25) is 4.79 Å². The molecule has 4 aromatic rings. The van der Waals surface area contributed by atoms with Crippen molar-refractivity contribution in [3.63, 3.8) is 0 Å². The molecule has 4 heteroatoms. The Balaban J connectivity index is 1.62. The zero-order valence-electron chi connectivity index (χ0n) is 19.4. The van der Waals surface area contributed by atoms with Gasteiger partial charge in [0, 0.05) is 11.0 Å². The maximum Gasteiger partial charge on any atom is 0.343 e. The van der Waals surface area contributed by atoms with Gasteiger partial charge in [-0.05, 0) is 66.9 Å². The highest BCUT2D eigenvalue weighted by molar-refractivity contribution is 5.96. The average molecular weight is 451 g/mol. The molecular weight excluding hydrogens is 424 g/mol. The quantitative estimate of drug-likeness (QED) is 0.140. The van der Waals surface area contributed by atoms with Gasteiger partial charge in [-0.1, -0.05) is 66.7 Å². The van der Waals surface area contributed by atoms with Crippen molar-refractivity contribution in [2.24, 2.45) is 0 Å². The van der Waals surface area contributed by atoms with Crippen LogP contribution in [0, 0.1) is 0 Å². The number of hydrogen-bond acceptors (Lipinski definition) is 4. The number of carbonyl (C=O) groups excluding carboxylic acids is 2. The van der Waals surface area contributed by atoms with Crippen molar-refractivity contribution >= 4 is 11.8 Å². The van der Waals surface area contributed by atoms with Crippen LogP contribution in [0.5, 0.6) is 11.5 Å². The lowest BCUT2D eigenvalue weighted by Crippen LogP contribution is -2.25. The minimum Gasteiger partial charge on any atom is -0.497 e. The summed E-state index contributed by atoms with van der Waals surface area (Å²) >= 11 is 0. The van der Waals surface area contributed by atoms with Crippen molar-refractivity contribution in [1.29, 1.82) is 0 Å². The molecule has 0 aliphatic rings. The number of carbonyl (C=O) groups is 2. The third-order valence-electron chi connectivity index (χ3n) is 6.19. The van der Waals surface area contributed by atoms with Crippen molar-refractivity contribution in [3.05, 3.63) is 131 Å². The summed E-state index contributed by atoms with van der Waals surface area (Å²) in [5, 5.41) is 0. The van der Waals surface area contributed by atoms with Crippen LogP contribution in [0.25, 0.3) is 0 Å². The summed E-state index contributed by atoms with van der Waals surface area (Å²) in [7, 11) is 1.66. The van der Waals surface area contributed by atoms with E-state index in [4.69, 9.17) is 9.47 Å². The van der Waals surface area contributed by atoms with Crippen LogP contribution < -0.4 is 9.47 Å². The van der Waals surface area contributed by atoms with Crippen LogP contribution in [0.4, 0.5) is 0 Å². The molecule has 1 atom stereocenters. The Hall–Kier alpha value is -4.18. The van der Waals surface area contributed by atoms with E-state index in [-0.39, 0.29) is 5.78 Å². The molecule has 0 aliphatic carbocycles. The van der Waals surface area contributed by atoms with Crippen LogP contribution in [-0.4, -0.2) is 18.9 Å². The van der Waals surface area contributed by atoms with Gasteiger partial charge in [0.1, 0.15) is 11.5 Å². The van der Waals surface area contributed by atoms with Crippen LogP contribution in [0.1, 0.15) is 51.3 Å². The zero-order chi connectivity index (χ0) is 24.1. The largest absolute Gasteiger partial charge is 0.497 e. The topological polar surface area (TPSA) is 52.6 Å². The van der Waals surface area contributed by atoms with Gasteiger partial charge < -0.3 is 9.47 Å². The summed E-state index contributed by atoms with van der Waals surface area (Å²) in [6, 6.07) is 32.4. The molecule has 0 spiro atoms. The van der Waals surface area contributed by atoms with Crippen LogP contribution in [-0.2, 0) is 5.41 Å². The first kappa shape index (κ1) is 23.0. The molecule has 0 aromatic heterocycles. The van der Waals surface area contributed by atoms with Crippen LogP contribution in [0.15, 0.2) is 103 Å². The van der Waals surface area contributed by atoms with Gasteiger partial charge in [-0.25, -0.2) is 4.79 Å². The van der Waals surface area contributed by atoms with E-state index >= 15 is 0 Å². The van der Waals surface area contributed by atoms with Crippen molar-refractivity contribution in [2.45, 2.75) is 19.3 Å². The lowest BCUT2D eigenvalue weighted by Gasteiger charge is -2.32. The molecule has 1 unspecified atom stereocenters. The Labute approximate surface area is 199 Å². The Kier molecular flexibility index (Phi) is 6.60. The Morgan fingerprint density at radius 3 is 1.59 bits per heavy atom. The monoisotopic (exact) mass is 450 g/mol. The summed E-state index contributed by atoms with van der Waals surface area (Å²) in [6.07, 6.45) is 0. The highest BCUT2D eigenvalue weighted by Crippen LogP contribution is 2.39. The van der Waals surface area contributed by atoms with E-state index in [1.54, 1.807) is 31.4 Å². The molecule has 0 amide bonds. The SMILES string of the molecule is COc1ccc(C(C)(c2ccccc2)c2ccc(OC(=O)c3ccc(C(C)=O)cc3)cc2)cc1. The highest BCUT2D eigenvalue weighted by atomic mass is 16.5. The molecule has 0 radical (unpaired) electrons. The molecule has 170 valence electrons. The maximum absolute atomic E-state index is 12.6. The lowest BCUT2D eigenvalue weighted by atomic mass is 9.71. The first-order chi connectivity index (χ1) is 16.4. The molecule has 0 bridgehead atoms. The van der Waals surface area contributed by atoms with Crippen molar-refractivity contribution in [3.8, 4) is 11.5 Å². The number of benzene rings is 4. The Bertz CT molecular complexity index is 1270. The normalized spacial score (nSPS) is 12.4. The predicted molar refractivity (Wildman–Crippen MR) is 133 cm³/mol. The summed E-state index contributed by atoms with van der Waals surface area (Å²) in [5.41, 5.74) is 3.86. The van der Waals surface area contributed by atoms with Crippen molar-refractivity contribution in [2.75, 3.05) is 7.11 Å². The zero-order valence-corrected chi connectivity index (χ0v) is 19.4. The molecule has 0 aliphatic heterocycles. The Morgan fingerprint density at radius 2 is 1.09 bits per heavy atom. The number of Topliss-reactive ketones (excluding diaryl/α,β-unsaturated/α-hetero) is 1. The molecule has 4 aromatic carbocycles. The molecule has 4 nitrogen and oxygen atoms in total. The van der Waals surface area contributed by atoms with E-state index in [0.717, 1.165) is 22.4 Å². The summed E-state index contributed by atoms with van der Waals surface area (Å²) in [6.45, 7) is 3.67. The fourth-order valence-corrected chi connectivity index (χ4v) is 4.06. The number of esters is 1. The van der Waals surface area contributed by atoms with Crippen LogP contribution in [0.3, 0.4) is 0 Å². The van der Waals surface area contributed by atoms with Crippen molar-refractivity contribution < 1.29 is 19.1 Å². The maximum atomic E-state index is 12.6. The molecule has 0 N–H and O–H groups in total.